The summed E-state index contributed by atoms with van der Waals surface area (Å²) in [4.78, 5) is 17.6. The maximum absolute atomic E-state index is 11.7. The Balaban J connectivity index is 1.84. The van der Waals surface area contributed by atoms with E-state index in [9.17, 15) is 4.79 Å². The van der Waals surface area contributed by atoms with Crippen molar-refractivity contribution in [2.24, 2.45) is 0 Å². The second-order valence-electron chi connectivity index (χ2n) is 5.32. The van der Waals surface area contributed by atoms with Gasteiger partial charge in [-0.05, 0) is 19.1 Å². The van der Waals surface area contributed by atoms with Crippen molar-refractivity contribution < 1.29 is 4.79 Å². The summed E-state index contributed by atoms with van der Waals surface area (Å²) in [5.41, 5.74) is 3.52. The van der Waals surface area contributed by atoms with Crippen molar-refractivity contribution in [3.05, 3.63) is 59.5 Å². The molecule has 2 aromatic carbocycles. The van der Waals surface area contributed by atoms with Crippen LogP contribution in [0.25, 0.3) is 21.8 Å². The van der Waals surface area contributed by atoms with E-state index < -0.39 is 9.70 Å². The van der Waals surface area contributed by atoms with Gasteiger partial charge in [-0.3, -0.25) is 4.79 Å². The van der Waals surface area contributed by atoms with Crippen molar-refractivity contribution in [2.45, 2.75) is 10.7 Å². The molecular weight excluding hydrogens is 399 g/mol. The molecule has 25 heavy (non-hydrogen) atoms. The number of benzene rings is 2. The highest BCUT2D eigenvalue weighted by atomic mass is 35.6. The maximum atomic E-state index is 11.7. The van der Waals surface area contributed by atoms with Crippen molar-refractivity contribution >= 4 is 57.7 Å². The summed E-state index contributed by atoms with van der Waals surface area (Å²) in [7, 11) is 0. The highest BCUT2D eigenvalue weighted by Crippen LogP contribution is 2.34. The van der Waals surface area contributed by atoms with Gasteiger partial charge < -0.3 is 5.32 Å². The lowest BCUT2D eigenvalue weighted by Crippen LogP contribution is -2.26. The molecule has 0 saturated carbocycles. The molecule has 7 heteroatoms. The Morgan fingerprint density at radius 2 is 1.64 bits per heavy atom. The molecular formula is C18H13Cl3N2OS. The summed E-state index contributed by atoms with van der Waals surface area (Å²) >= 11 is 18.3. The van der Waals surface area contributed by atoms with Crippen LogP contribution in [-0.2, 0) is 4.79 Å². The summed E-state index contributed by atoms with van der Waals surface area (Å²) < 4.78 is -1.99. The zero-order valence-corrected chi connectivity index (χ0v) is 16.2. The van der Waals surface area contributed by atoms with E-state index in [0.29, 0.717) is 5.69 Å². The highest BCUT2D eigenvalue weighted by molar-refractivity contribution is 7.15. The van der Waals surface area contributed by atoms with Crippen LogP contribution in [0.3, 0.4) is 0 Å². The molecule has 1 amide bonds. The van der Waals surface area contributed by atoms with Crippen LogP contribution in [0, 0.1) is 6.92 Å². The molecule has 1 aromatic heterocycles. The summed E-state index contributed by atoms with van der Waals surface area (Å²) in [6, 6.07) is 17.3. The number of rotatable bonds is 3. The van der Waals surface area contributed by atoms with Gasteiger partial charge in [0.1, 0.15) is 5.01 Å². The number of amides is 1. The van der Waals surface area contributed by atoms with E-state index in [-0.39, 0.29) is 0 Å². The molecule has 0 aliphatic rings. The standard InChI is InChI=1S/C18H13Cl3N2OS/c1-11-15(23-16(25-11)13-5-3-2-4-6-13)12-7-9-14(10-8-12)22-17(24)18(19,20)21/h2-10H,1H3,(H,22,24). The number of anilines is 1. The fourth-order valence-electron chi connectivity index (χ4n) is 2.28. The largest absolute Gasteiger partial charge is 0.322 e. The first-order valence-electron chi connectivity index (χ1n) is 7.36. The monoisotopic (exact) mass is 410 g/mol. The zero-order chi connectivity index (χ0) is 18.0. The van der Waals surface area contributed by atoms with Crippen LogP contribution < -0.4 is 5.32 Å². The lowest BCUT2D eigenvalue weighted by molar-refractivity contribution is -0.115. The summed E-state index contributed by atoms with van der Waals surface area (Å²) in [5.74, 6) is -0.693. The fourth-order valence-corrected chi connectivity index (χ4v) is 3.36. The predicted molar refractivity (Wildman–Crippen MR) is 107 cm³/mol. The van der Waals surface area contributed by atoms with Crippen molar-refractivity contribution in [1.29, 1.82) is 0 Å². The number of carbonyl (C=O) groups excluding carboxylic acids is 1. The van der Waals surface area contributed by atoms with E-state index in [1.807, 2.05) is 49.4 Å². The summed E-state index contributed by atoms with van der Waals surface area (Å²) in [6.07, 6.45) is 0. The first-order valence-corrected chi connectivity index (χ1v) is 9.31. The molecule has 1 N–H and O–H groups in total. The first kappa shape index (κ1) is 18.2. The van der Waals surface area contributed by atoms with E-state index in [4.69, 9.17) is 39.8 Å². The topological polar surface area (TPSA) is 42.0 Å². The van der Waals surface area contributed by atoms with Crippen LogP contribution in [0.1, 0.15) is 4.88 Å². The number of hydrogen-bond donors (Lipinski definition) is 1. The van der Waals surface area contributed by atoms with Crippen LogP contribution in [0.5, 0.6) is 0 Å². The molecule has 128 valence electrons. The third-order valence-corrected chi connectivity index (χ3v) is 5.03. The highest BCUT2D eigenvalue weighted by Gasteiger charge is 2.30. The number of carbonyl (C=O) groups is 1. The second kappa shape index (κ2) is 7.34. The van der Waals surface area contributed by atoms with Crippen LogP contribution in [0.2, 0.25) is 0 Å². The lowest BCUT2D eigenvalue weighted by atomic mass is 10.1. The Hall–Kier alpha value is -1.59. The fraction of sp³-hybridized carbons (Fsp3) is 0.111. The molecule has 0 saturated heterocycles. The number of halogens is 3. The van der Waals surface area contributed by atoms with E-state index in [2.05, 4.69) is 5.32 Å². The van der Waals surface area contributed by atoms with Gasteiger partial charge in [-0.25, -0.2) is 4.98 Å². The van der Waals surface area contributed by atoms with Gasteiger partial charge in [0.05, 0.1) is 5.69 Å². The lowest BCUT2D eigenvalue weighted by Gasteiger charge is -2.11. The molecule has 3 rings (SSSR count). The minimum atomic E-state index is -1.99. The van der Waals surface area contributed by atoms with Gasteiger partial charge >= 0.3 is 0 Å². The molecule has 0 spiro atoms. The number of nitrogens with zero attached hydrogens (tertiary/aromatic N) is 1. The number of thiazole rings is 1. The van der Waals surface area contributed by atoms with Gasteiger partial charge in [0.2, 0.25) is 0 Å². The average Bonchev–Trinajstić information content (AvgIpc) is 2.97. The predicted octanol–water partition coefficient (Wildman–Crippen LogP) is 6.09. The Morgan fingerprint density at radius 3 is 2.24 bits per heavy atom. The minimum Gasteiger partial charge on any atom is -0.322 e. The van der Waals surface area contributed by atoms with Gasteiger partial charge in [-0.2, -0.15) is 0 Å². The molecule has 0 atom stereocenters. The molecule has 0 radical (unpaired) electrons. The molecule has 1 heterocycles. The third-order valence-electron chi connectivity index (χ3n) is 3.49. The molecule has 0 fully saturated rings. The smallest absolute Gasteiger partial charge is 0.276 e. The van der Waals surface area contributed by atoms with Crippen LogP contribution in [0.15, 0.2) is 54.6 Å². The van der Waals surface area contributed by atoms with Crippen molar-refractivity contribution in [3.8, 4) is 21.8 Å². The van der Waals surface area contributed by atoms with Gasteiger partial charge in [0.25, 0.3) is 9.70 Å². The summed E-state index contributed by atoms with van der Waals surface area (Å²) in [6.45, 7) is 2.04. The third kappa shape index (κ3) is 4.33. The molecule has 0 bridgehead atoms. The van der Waals surface area contributed by atoms with Crippen LogP contribution in [-0.4, -0.2) is 14.7 Å². The normalized spacial score (nSPS) is 11.4. The number of hydrogen-bond acceptors (Lipinski definition) is 3. The molecule has 0 unspecified atom stereocenters. The molecule has 3 nitrogen and oxygen atoms in total. The Bertz CT molecular complexity index is 887. The van der Waals surface area contributed by atoms with E-state index in [1.54, 1.807) is 23.5 Å². The number of nitrogens with one attached hydrogen (secondary N) is 1. The average molecular weight is 412 g/mol. The van der Waals surface area contributed by atoms with Crippen molar-refractivity contribution in [1.82, 2.24) is 4.98 Å². The Kier molecular flexibility index (Phi) is 5.35. The number of alkyl halides is 3. The van der Waals surface area contributed by atoms with E-state index >= 15 is 0 Å². The minimum absolute atomic E-state index is 0.552. The van der Waals surface area contributed by atoms with Gasteiger partial charge in [0, 0.05) is 21.7 Å². The first-order chi connectivity index (χ1) is 11.8. The van der Waals surface area contributed by atoms with Gasteiger partial charge in [-0.1, -0.05) is 77.3 Å². The van der Waals surface area contributed by atoms with E-state index in [1.165, 1.54) is 0 Å². The zero-order valence-electron chi connectivity index (χ0n) is 13.1. The van der Waals surface area contributed by atoms with Gasteiger partial charge in [-0.15, -0.1) is 11.3 Å². The molecule has 0 aliphatic carbocycles. The number of aromatic nitrogens is 1. The quantitative estimate of drug-likeness (QED) is 0.529. The SMILES string of the molecule is Cc1sc(-c2ccccc2)nc1-c1ccc(NC(=O)C(Cl)(Cl)Cl)cc1. The van der Waals surface area contributed by atoms with Crippen LogP contribution >= 0.6 is 46.1 Å². The molecule has 0 aliphatic heterocycles. The Labute approximate surface area is 164 Å². The van der Waals surface area contributed by atoms with Gasteiger partial charge in [0.15, 0.2) is 0 Å². The number of aryl methyl sites for hydroxylation is 1. The van der Waals surface area contributed by atoms with E-state index in [0.717, 1.165) is 26.7 Å². The molecule has 3 aromatic rings. The van der Waals surface area contributed by atoms with Crippen molar-refractivity contribution in [2.75, 3.05) is 5.32 Å². The summed E-state index contributed by atoms with van der Waals surface area (Å²) in [5, 5.41) is 3.53. The Morgan fingerprint density at radius 1 is 1.00 bits per heavy atom. The second-order valence-corrected chi connectivity index (χ2v) is 8.80. The van der Waals surface area contributed by atoms with Crippen LogP contribution in [0.4, 0.5) is 5.69 Å². The van der Waals surface area contributed by atoms with Crippen molar-refractivity contribution in [3.63, 3.8) is 0 Å². The maximum Gasteiger partial charge on any atom is 0.276 e.